The first-order valence-electron chi connectivity index (χ1n) is 7.59. The predicted octanol–water partition coefficient (Wildman–Crippen LogP) is 3.98. The van der Waals surface area contributed by atoms with E-state index in [1.165, 1.54) is 11.3 Å². The average Bonchev–Trinajstić information content (AvgIpc) is 3.07. The molecule has 0 saturated heterocycles. The molecule has 0 saturated carbocycles. The highest BCUT2D eigenvalue weighted by Gasteiger charge is 2.15. The van der Waals surface area contributed by atoms with Crippen molar-refractivity contribution in [3.63, 3.8) is 0 Å². The largest absolute Gasteiger partial charge is 0.452 e. The minimum absolute atomic E-state index is 0.284. The zero-order chi connectivity index (χ0) is 17.8. The van der Waals surface area contributed by atoms with E-state index in [-0.39, 0.29) is 18.6 Å². The highest BCUT2D eigenvalue weighted by molar-refractivity contribution is 7.16. The molecule has 2 aromatic carbocycles. The van der Waals surface area contributed by atoms with Gasteiger partial charge in [0, 0.05) is 5.02 Å². The van der Waals surface area contributed by atoms with Crippen LogP contribution in [0.2, 0.25) is 5.02 Å². The molecular weight excluding hydrogens is 360 g/mol. The molecule has 0 aliphatic rings. The molecule has 3 rings (SSSR count). The fourth-order valence-electron chi connectivity index (χ4n) is 2.38. The van der Waals surface area contributed by atoms with Gasteiger partial charge in [-0.2, -0.15) is 0 Å². The summed E-state index contributed by atoms with van der Waals surface area (Å²) in [5, 5.41) is 3.33. The van der Waals surface area contributed by atoms with Crippen molar-refractivity contribution in [2.75, 3.05) is 6.61 Å². The molecule has 7 heteroatoms. The maximum atomic E-state index is 12.1. The van der Waals surface area contributed by atoms with Gasteiger partial charge in [0.1, 0.15) is 0 Å². The molecule has 128 valence electrons. The van der Waals surface area contributed by atoms with Gasteiger partial charge < -0.3 is 10.1 Å². The van der Waals surface area contributed by atoms with Gasteiger partial charge in [0.25, 0.3) is 5.91 Å². The van der Waals surface area contributed by atoms with Gasteiger partial charge in [-0.05, 0) is 36.8 Å². The number of carbonyl (C=O) groups excluding carboxylic acids is 2. The van der Waals surface area contributed by atoms with E-state index in [2.05, 4.69) is 10.3 Å². The summed E-state index contributed by atoms with van der Waals surface area (Å²) < 4.78 is 5.98. The standard InChI is InChI=1S/C18H15ClN2O3S/c1-11(13-4-2-3-5-14(13)19)21-17(22)9-24-18(23)12-6-7-15-16(8-12)25-10-20-15/h2-8,10-11H,9H2,1H3,(H,21,22)/t11-/m0/s1. The van der Waals surface area contributed by atoms with Gasteiger partial charge >= 0.3 is 5.97 Å². The lowest BCUT2D eigenvalue weighted by atomic mass is 10.1. The Bertz CT molecular complexity index is 925. The topological polar surface area (TPSA) is 68.3 Å². The molecule has 0 unspecified atom stereocenters. The zero-order valence-electron chi connectivity index (χ0n) is 13.4. The quantitative estimate of drug-likeness (QED) is 0.686. The Morgan fingerprint density at radius 3 is 2.88 bits per heavy atom. The molecule has 5 nitrogen and oxygen atoms in total. The molecule has 25 heavy (non-hydrogen) atoms. The van der Waals surface area contributed by atoms with Crippen molar-refractivity contribution in [2.24, 2.45) is 0 Å². The summed E-state index contributed by atoms with van der Waals surface area (Å²) in [5.41, 5.74) is 3.74. The van der Waals surface area contributed by atoms with Gasteiger partial charge in [0.2, 0.25) is 0 Å². The molecule has 0 aliphatic carbocycles. The van der Waals surface area contributed by atoms with E-state index in [1.54, 1.807) is 29.8 Å². The van der Waals surface area contributed by atoms with Crippen LogP contribution in [0.3, 0.4) is 0 Å². The Kier molecular flexibility index (Phi) is 5.31. The first kappa shape index (κ1) is 17.4. The first-order valence-corrected chi connectivity index (χ1v) is 8.84. The summed E-state index contributed by atoms with van der Waals surface area (Å²) in [6.45, 7) is 1.47. The summed E-state index contributed by atoms with van der Waals surface area (Å²) >= 11 is 7.55. The smallest absolute Gasteiger partial charge is 0.338 e. The molecule has 1 amide bonds. The number of benzene rings is 2. The summed E-state index contributed by atoms with van der Waals surface area (Å²) in [5.74, 6) is -0.935. The van der Waals surface area contributed by atoms with Crippen molar-refractivity contribution in [3.05, 3.63) is 64.1 Å². The molecule has 0 radical (unpaired) electrons. The third-order valence-corrected chi connectivity index (χ3v) is 4.79. The zero-order valence-corrected chi connectivity index (χ0v) is 14.9. The normalized spacial score (nSPS) is 11.9. The van der Waals surface area contributed by atoms with Crippen LogP contribution in [0.1, 0.15) is 28.9 Å². The summed E-state index contributed by atoms with van der Waals surface area (Å²) in [6, 6.07) is 12.1. The monoisotopic (exact) mass is 374 g/mol. The molecule has 0 spiro atoms. The van der Waals surface area contributed by atoms with Crippen LogP contribution in [-0.2, 0) is 9.53 Å². The molecule has 1 aromatic heterocycles. The van der Waals surface area contributed by atoms with Gasteiger partial charge in [-0.25, -0.2) is 9.78 Å². The molecule has 3 aromatic rings. The molecule has 0 bridgehead atoms. The number of aromatic nitrogens is 1. The van der Waals surface area contributed by atoms with Crippen molar-refractivity contribution >= 4 is 45.0 Å². The van der Waals surface area contributed by atoms with Gasteiger partial charge in [-0.1, -0.05) is 29.8 Å². The minimum atomic E-state index is -0.546. The van der Waals surface area contributed by atoms with Crippen LogP contribution in [0.15, 0.2) is 48.0 Å². The maximum absolute atomic E-state index is 12.1. The Morgan fingerprint density at radius 2 is 2.08 bits per heavy atom. The second kappa shape index (κ2) is 7.63. The number of nitrogens with zero attached hydrogens (tertiary/aromatic N) is 1. The van der Waals surface area contributed by atoms with Gasteiger partial charge in [0.05, 0.1) is 27.3 Å². The van der Waals surface area contributed by atoms with E-state index in [1.807, 2.05) is 25.1 Å². The maximum Gasteiger partial charge on any atom is 0.338 e. The van der Waals surface area contributed by atoms with Crippen molar-refractivity contribution in [1.82, 2.24) is 10.3 Å². The Balaban J connectivity index is 1.56. The lowest BCUT2D eigenvalue weighted by Gasteiger charge is -2.15. The number of esters is 1. The van der Waals surface area contributed by atoms with Crippen LogP contribution < -0.4 is 5.32 Å². The minimum Gasteiger partial charge on any atom is -0.452 e. The number of thiazole rings is 1. The highest BCUT2D eigenvalue weighted by atomic mass is 35.5. The van der Waals surface area contributed by atoms with E-state index in [9.17, 15) is 9.59 Å². The van der Waals surface area contributed by atoms with Crippen molar-refractivity contribution in [3.8, 4) is 0 Å². The van der Waals surface area contributed by atoms with Crippen molar-refractivity contribution in [1.29, 1.82) is 0 Å². The lowest BCUT2D eigenvalue weighted by Crippen LogP contribution is -2.31. The van der Waals surface area contributed by atoms with Gasteiger partial charge in [-0.15, -0.1) is 11.3 Å². The second-order valence-corrected chi connectivity index (χ2v) is 6.72. The van der Waals surface area contributed by atoms with E-state index >= 15 is 0 Å². The molecule has 0 fully saturated rings. The van der Waals surface area contributed by atoms with Crippen LogP contribution in [0.4, 0.5) is 0 Å². The summed E-state index contributed by atoms with van der Waals surface area (Å²) in [6.07, 6.45) is 0. The number of halogens is 1. The van der Waals surface area contributed by atoms with Crippen LogP contribution in [0, 0.1) is 0 Å². The van der Waals surface area contributed by atoms with Gasteiger partial charge in [0.15, 0.2) is 6.61 Å². The number of rotatable bonds is 5. The summed E-state index contributed by atoms with van der Waals surface area (Å²) in [7, 11) is 0. The predicted molar refractivity (Wildman–Crippen MR) is 97.9 cm³/mol. The number of carbonyl (C=O) groups is 2. The van der Waals surface area contributed by atoms with Crippen molar-refractivity contribution < 1.29 is 14.3 Å². The third kappa shape index (κ3) is 4.15. The highest BCUT2D eigenvalue weighted by Crippen LogP contribution is 2.22. The number of hydrogen-bond donors (Lipinski definition) is 1. The Morgan fingerprint density at radius 1 is 1.28 bits per heavy atom. The van der Waals surface area contributed by atoms with E-state index in [0.29, 0.717) is 10.6 Å². The Hall–Kier alpha value is -2.44. The van der Waals surface area contributed by atoms with E-state index in [0.717, 1.165) is 15.8 Å². The van der Waals surface area contributed by atoms with Crippen LogP contribution in [-0.4, -0.2) is 23.5 Å². The average molecular weight is 375 g/mol. The first-order chi connectivity index (χ1) is 12.0. The Labute approximate surface area is 153 Å². The third-order valence-electron chi connectivity index (χ3n) is 3.65. The molecule has 1 N–H and O–H groups in total. The van der Waals surface area contributed by atoms with Crippen LogP contribution >= 0.6 is 22.9 Å². The second-order valence-electron chi connectivity index (χ2n) is 5.42. The molecule has 1 heterocycles. The number of amides is 1. The number of nitrogens with one attached hydrogen (secondary N) is 1. The van der Waals surface area contributed by atoms with Crippen molar-refractivity contribution in [2.45, 2.75) is 13.0 Å². The molecular formula is C18H15ClN2O3S. The SMILES string of the molecule is C[C@H](NC(=O)COC(=O)c1ccc2ncsc2c1)c1ccccc1Cl. The van der Waals surface area contributed by atoms with E-state index < -0.39 is 5.97 Å². The van der Waals surface area contributed by atoms with Crippen LogP contribution in [0.25, 0.3) is 10.2 Å². The fraction of sp³-hybridized carbons (Fsp3) is 0.167. The molecule has 0 aliphatic heterocycles. The number of hydrogen-bond acceptors (Lipinski definition) is 5. The van der Waals surface area contributed by atoms with Crippen LogP contribution in [0.5, 0.6) is 0 Å². The van der Waals surface area contributed by atoms with E-state index in [4.69, 9.17) is 16.3 Å². The number of fused-ring (bicyclic) bond motifs is 1. The summed E-state index contributed by atoms with van der Waals surface area (Å²) in [4.78, 5) is 28.2. The fourth-order valence-corrected chi connectivity index (χ4v) is 3.40. The lowest BCUT2D eigenvalue weighted by molar-refractivity contribution is -0.124. The number of ether oxygens (including phenoxy) is 1. The molecule has 1 atom stereocenters. The van der Waals surface area contributed by atoms with Gasteiger partial charge in [-0.3, -0.25) is 4.79 Å².